The van der Waals surface area contributed by atoms with Gasteiger partial charge in [-0.3, -0.25) is 9.88 Å². The molecular formula is C17H20N3O2S. The summed E-state index contributed by atoms with van der Waals surface area (Å²) in [5.41, 5.74) is 3.01. The Bertz CT molecular complexity index is 767. The number of nitrogens with zero attached hydrogens (tertiary/aromatic N) is 3. The lowest BCUT2D eigenvalue weighted by Gasteiger charge is -2.26. The Morgan fingerprint density at radius 3 is 2.43 bits per heavy atom. The number of hydrogen-bond acceptors (Lipinski definition) is 4. The third-order valence-electron chi connectivity index (χ3n) is 3.99. The fraction of sp³-hybridized carbons (Fsp3) is 0.353. The van der Waals surface area contributed by atoms with E-state index in [0.717, 1.165) is 49.5 Å². The molecule has 1 radical (unpaired) electrons. The zero-order valence-corrected chi connectivity index (χ0v) is 14.0. The maximum Gasteiger partial charge on any atom is 0.175 e. The highest BCUT2D eigenvalue weighted by Gasteiger charge is 2.14. The van der Waals surface area contributed by atoms with E-state index in [2.05, 4.69) is 21.3 Å². The molecule has 0 aliphatic carbocycles. The van der Waals surface area contributed by atoms with Crippen molar-refractivity contribution < 1.29 is 8.42 Å². The Morgan fingerprint density at radius 2 is 1.78 bits per heavy atom. The molecule has 1 aliphatic heterocycles. The molecule has 0 saturated carbocycles. The molecule has 1 saturated heterocycles. The lowest BCUT2D eigenvalue weighted by atomic mass is 10.1. The lowest BCUT2D eigenvalue weighted by molar-refractivity contribution is 0.231. The van der Waals surface area contributed by atoms with Crippen molar-refractivity contribution >= 4 is 9.84 Å². The molecule has 1 fully saturated rings. The summed E-state index contributed by atoms with van der Waals surface area (Å²) in [5, 5.41) is 4.37. The Labute approximate surface area is 137 Å². The van der Waals surface area contributed by atoms with Gasteiger partial charge in [0.15, 0.2) is 9.84 Å². The highest BCUT2D eigenvalue weighted by Crippen LogP contribution is 2.24. The van der Waals surface area contributed by atoms with E-state index >= 15 is 0 Å². The first-order chi connectivity index (χ1) is 11.0. The second kappa shape index (κ2) is 6.78. The predicted molar refractivity (Wildman–Crippen MR) is 89.9 cm³/mol. The molecule has 1 aliphatic rings. The number of sulfone groups is 1. The van der Waals surface area contributed by atoms with Gasteiger partial charge in [0.2, 0.25) is 0 Å². The van der Waals surface area contributed by atoms with Crippen molar-refractivity contribution in [1.29, 1.82) is 0 Å². The molecule has 0 unspecified atom stereocenters. The van der Waals surface area contributed by atoms with E-state index in [-0.39, 0.29) is 0 Å². The van der Waals surface area contributed by atoms with Gasteiger partial charge in [-0.2, -0.15) is 0 Å². The SMILES string of the molecule is CS(=O)(=O)c1ccc(-c2ncccc2CN2CC[N]CC2)cc1. The smallest absolute Gasteiger partial charge is 0.175 e. The van der Waals surface area contributed by atoms with Gasteiger partial charge in [0, 0.05) is 50.7 Å². The van der Waals surface area contributed by atoms with E-state index in [1.807, 2.05) is 18.2 Å². The van der Waals surface area contributed by atoms with Crippen LogP contribution in [0.4, 0.5) is 0 Å². The second-order valence-electron chi connectivity index (χ2n) is 5.75. The molecule has 0 bridgehead atoms. The van der Waals surface area contributed by atoms with Crippen LogP contribution in [-0.4, -0.2) is 50.7 Å². The first-order valence-electron chi connectivity index (χ1n) is 7.64. The summed E-state index contributed by atoms with van der Waals surface area (Å²) in [6, 6.07) is 11.0. The zero-order chi connectivity index (χ0) is 16.3. The average Bonchev–Trinajstić information content (AvgIpc) is 2.56. The van der Waals surface area contributed by atoms with Crippen molar-refractivity contribution in [2.45, 2.75) is 11.4 Å². The summed E-state index contributed by atoms with van der Waals surface area (Å²) in [4.78, 5) is 7.21. The fourth-order valence-electron chi connectivity index (χ4n) is 2.73. The number of pyridine rings is 1. The summed E-state index contributed by atoms with van der Waals surface area (Å²) in [6.45, 7) is 4.56. The first-order valence-corrected chi connectivity index (χ1v) is 9.53. The zero-order valence-electron chi connectivity index (χ0n) is 13.1. The van der Waals surface area contributed by atoms with Crippen LogP contribution in [0.1, 0.15) is 5.56 Å². The monoisotopic (exact) mass is 330 g/mol. The molecule has 0 N–H and O–H groups in total. The molecule has 0 spiro atoms. The lowest BCUT2D eigenvalue weighted by Crippen LogP contribution is -2.39. The number of hydrogen-bond donors (Lipinski definition) is 0. The summed E-state index contributed by atoms with van der Waals surface area (Å²) >= 11 is 0. The first kappa shape index (κ1) is 16.1. The maximum atomic E-state index is 11.6. The molecule has 6 heteroatoms. The van der Waals surface area contributed by atoms with Gasteiger partial charge in [-0.25, -0.2) is 13.7 Å². The molecule has 0 atom stereocenters. The minimum absolute atomic E-state index is 0.330. The molecule has 5 nitrogen and oxygen atoms in total. The minimum atomic E-state index is -3.17. The van der Waals surface area contributed by atoms with E-state index in [1.165, 1.54) is 6.26 Å². The van der Waals surface area contributed by atoms with Crippen LogP contribution in [0.5, 0.6) is 0 Å². The molecule has 2 aromatic rings. The van der Waals surface area contributed by atoms with E-state index in [1.54, 1.807) is 18.3 Å². The van der Waals surface area contributed by atoms with Crippen LogP contribution in [0.25, 0.3) is 11.3 Å². The molecule has 2 heterocycles. The predicted octanol–water partition coefficient (Wildman–Crippen LogP) is 1.57. The van der Waals surface area contributed by atoms with Gasteiger partial charge in [-0.1, -0.05) is 18.2 Å². The fourth-order valence-corrected chi connectivity index (χ4v) is 3.36. The normalized spacial score (nSPS) is 16.4. The van der Waals surface area contributed by atoms with Crippen molar-refractivity contribution in [2.24, 2.45) is 0 Å². The Hall–Kier alpha value is -1.76. The molecule has 1 aromatic carbocycles. The Kier molecular flexibility index (Phi) is 4.75. The van der Waals surface area contributed by atoms with Gasteiger partial charge in [-0.05, 0) is 23.8 Å². The summed E-state index contributed by atoms with van der Waals surface area (Å²) in [5.74, 6) is 0. The van der Waals surface area contributed by atoms with E-state index in [4.69, 9.17) is 0 Å². The van der Waals surface area contributed by atoms with Crippen molar-refractivity contribution in [2.75, 3.05) is 32.4 Å². The third-order valence-corrected chi connectivity index (χ3v) is 5.12. The summed E-state index contributed by atoms with van der Waals surface area (Å²) < 4.78 is 23.2. The van der Waals surface area contributed by atoms with Gasteiger partial charge in [0.25, 0.3) is 0 Å². The second-order valence-corrected chi connectivity index (χ2v) is 7.77. The number of piperazine rings is 1. The number of rotatable bonds is 4. The maximum absolute atomic E-state index is 11.6. The van der Waals surface area contributed by atoms with Crippen LogP contribution in [0.15, 0.2) is 47.5 Å². The van der Waals surface area contributed by atoms with Gasteiger partial charge < -0.3 is 0 Å². The van der Waals surface area contributed by atoms with Gasteiger partial charge in [-0.15, -0.1) is 0 Å². The van der Waals surface area contributed by atoms with Crippen molar-refractivity contribution in [3.8, 4) is 11.3 Å². The Balaban J connectivity index is 1.87. The molecule has 121 valence electrons. The van der Waals surface area contributed by atoms with Crippen LogP contribution in [0.2, 0.25) is 0 Å². The summed E-state index contributed by atoms with van der Waals surface area (Å²) in [7, 11) is -3.17. The van der Waals surface area contributed by atoms with Crippen molar-refractivity contribution in [3.63, 3.8) is 0 Å². The van der Waals surface area contributed by atoms with Gasteiger partial charge in [0.05, 0.1) is 10.6 Å². The van der Waals surface area contributed by atoms with E-state index in [0.29, 0.717) is 4.90 Å². The molecule has 0 amide bonds. The van der Waals surface area contributed by atoms with Crippen molar-refractivity contribution in [3.05, 3.63) is 48.2 Å². The van der Waals surface area contributed by atoms with Gasteiger partial charge in [0.1, 0.15) is 0 Å². The topological polar surface area (TPSA) is 64.4 Å². The van der Waals surface area contributed by atoms with Crippen LogP contribution >= 0.6 is 0 Å². The molecule has 23 heavy (non-hydrogen) atoms. The van der Waals surface area contributed by atoms with E-state index < -0.39 is 9.84 Å². The summed E-state index contributed by atoms with van der Waals surface area (Å²) in [6.07, 6.45) is 2.99. The standard InChI is InChI=1S/C17H20N3O2S/c1-23(21,22)16-6-4-14(5-7-16)17-15(3-2-8-19-17)13-20-11-9-18-10-12-20/h2-8H,9-13H2,1H3. The van der Waals surface area contributed by atoms with Crippen LogP contribution < -0.4 is 5.32 Å². The number of benzene rings is 1. The largest absolute Gasteiger partial charge is 0.296 e. The van der Waals surface area contributed by atoms with Crippen molar-refractivity contribution in [1.82, 2.24) is 15.2 Å². The highest BCUT2D eigenvalue weighted by atomic mass is 32.2. The molecule has 1 aromatic heterocycles. The molecular weight excluding hydrogens is 310 g/mol. The van der Waals surface area contributed by atoms with Crippen LogP contribution in [0.3, 0.4) is 0 Å². The average molecular weight is 330 g/mol. The molecule has 3 rings (SSSR count). The van der Waals surface area contributed by atoms with Gasteiger partial charge >= 0.3 is 0 Å². The van der Waals surface area contributed by atoms with E-state index in [9.17, 15) is 8.42 Å². The van der Waals surface area contributed by atoms with Crippen LogP contribution in [0, 0.1) is 0 Å². The van der Waals surface area contributed by atoms with Crippen LogP contribution in [-0.2, 0) is 16.4 Å². The quantitative estimate of drug-likeness (QED) is 0.854. The number of aromatic nitrogens is 1. The Morgan fingerprint density at radius 1 is 1.09 bits per heavy atom. The third kappa shape index (κ3) is 3.96. The minimum Gasteiger partial charge on any atom is -0.296 e. The highest BCUT2D eigenvalue weighted by molar-refractivity contribution is 7.90.